The van der Waals surface area contributed by atoms with Gasteiger partial charge in [-0.15, -0.1) is 11.3 Å². The first kappa shape index (κ1) is 17.5. The van der Waals surface area contributed by atoms with Gasteiger partial charge in [-0.3, -0.25) is 0 Å². The third-order valence-corrected chi connectivity index (χ3v) is 3.59. The number of nitrogens with one attached hydrogen (secondary N) is 1. The molecule has 0 fully saturated rings. The van der Waals surface area contributed by atoms with Gasteiger partial charge in [0.1, 0.15) is 0 Å². The van der Waals surface area contributed by atoms with Crippen molar-refractivity contribution < 1.29 is 14.6 Å². The Balaban J connectivity index is 1.91. The summed E-state index contributed by atoms with van der Waals surface area (Å²) in [5.74, 6) is 0. The van der Waals surface area contributed by atoms with Gasteiger partial charge >= 0.3 is 0 Å². The van der Waals surface area contributed by atoms with Crippen molar-refractivity contribution in [1.82, 2.24) is 10.3 Å². The van der Waals surface area contributed by atoms with E-state index in [1.165, 1.54) is 4.88 Å². The lowest BCUT2D eigenvalue weighted by molar-refractivity contribution is 0.00386. The summed E-state index contributed by atoms with van der Waals surface area (Å²) in [6.45, 7) is 7.64. The second-order valence-corrected chi connectivity index (χ2v) is 5.99. The van der Waals surface area contributed by atoms with Crippen molar-refractivity contribution in [3.63, 3.8) is 0 Å². The summed E-state index contributed by atoms with van der Waals surface area (Å²) >= 11 is 1.67. The first-order valence-electron chi connectivity index (χ1n) is 7.18. The molecule has 5 nitrogen and oxygen atoms in total. The Morgan fingerprint density at radius 2 is 2.15 bits per heavy atom. The minimum atomic E-state index is -0.486. The van der Waals surface area contributed by atoms with Gasteiger partial charge in [-0.25, -0.2) is 4.98 Å². The minimum absolute atomic E-state index is 0.339. The van der Waals surface area contributed by atoms with Crippen LogP contribution >= 0.6 is 11.3 Å². The van der Waals surface area contributed by atoms with Gasteiger partial charge < -0.3 is 19.9 Å². The number of aromatic nitrogens is 1. The van der Waals surface area contributed by atoms with Crippen LogP contribution in [-0.4, -0.2) is 49.2 Å². The molecule has 1 atom stereocenters. The van der Waals surface area contributed by atoms with E-state index in [9.17, 15) is 5.11 Å². The predicted octanol–water partition coefficient (Wildman–Crippen LogP) is 1.74. The summed E-state index contributed by atoms with van der Waals surface area (Å²) in [5.41, 5.74) is 0. The molecule has 0 saturated heterocycles. The number of unbranched alkanes of at least 4 members (excludes halogenated alkanes) is 1. The number of ether oxygens (including phenoxy) is 2. The molecule has 20 heavy (non-hydrogen) atoms. The SMILES string of the molecule is CCCCOCCOCC(O)CNCc1cnc(C)s1. The molecule has 0 amide bonds. The third kappa shape index (κ3) is 8.60. The predicted molar refractivity (Wildman–Crippen MR) is 81.1 cm³/mol. The molecule has 0 aromatic carbocycles. The van der Waals surface area contributed by atoms with Crippen LogP contribution in [-0.2, 0) is 16.0 Å². The Kier molecular flexibility index (Phi) is 9.78. The van der Waals surface area contributed by atoms with Crippen molar-refractivity contribution in [1.29, 1.82) is 0 Å². The Labute approximate surface area is 125 Å². The zero-order valence-corrected chi connectivity index (χ0v) is 13.2. The quantitative estimate of drug-likeness (QED) is 0.576. The smallest absolute Gasteiger partial charge is 0.0897 e. The van der Waals surface area contributed by atoms with Gasteiger partial charge in [0, 0.05) is 30.8 Å². The highest BCUT2D eigenvalue weighted by Gasteiger charge is 2.04. The van der Waals surface area contributed by atoms with Crippen molar-refractivity contribution in [3.05, 3.63) is 16.1 Å². The van der Waals surface area contributed by atoms with Gasteiger partial charge in [0.25, 0.3) is 0 Å². The molecule has 0 bridgehead atoms. The average molecular weight is 302 g/mol. The minimum Gasteiger partial charge on any atom is -0.389 e. The van der Waals surface area contributed by atoms with E-state index in [1.807, 2.05) is 13.1 Å². The van der Waals surface area contributed by atoms with E-state index in [-0.39, 0.29) is 0 Å². The molecular formula is C14H26N2O3S. The molecule has 1 unspecified atom stereocenters. The lowest BCUT2D eigenvalue weighted by Crippen LogP contribution is -2.30. The highest BCUT2D eigenvalue weighted by Crippen LogP contribution is 2.10. The molecule has 0 aliphatic carbocycles. The zero-order chi connectivity index (χ0) is 14.6. The average Bonchev–Trinajstić information content (AvgIpc) is 2.83. The number of aliphatic hydroxyl groups is 1. The highest BCUT2D eigenvalue weighted by molar-refractivity contribution is 7.11. The first-order chi connectivity index (χ1) is 9.72. The maximum Gasteiger partial charge on any atom is 0.0897 e. The van der Waals surface area contributed by atoms with Gasteiger partial charge in [-0.05, 0) is 13.3 Å². The number of thiazole rings is 1. The van der Waals surface area contributed by atoms with E-state index in [0.717, 1.165) is 31.0 Å². The molecule has 1 heterocycles. The van der Waals surface area contributed by atoms with Gasteiger partial charge in [0.2, 0.25) is 0 Å². The van der Waals surface area contributed by atoms with Crippen molar-refractivity contribution in [2.75, 3.05) is 33.0 Å². The molecule has 1 rings (SSSR count). The van der Waals surface area contributed by atoms with Crippen molar-refractivity contribution in [2.45, 2.75) is 39.3 Å². The van der Waals surface area contributed by atoms with E-state index in [4.69, 9.17) is 9.47 Å². The van der Waals surface area contributed by atoms with Crippen LogP contribution in [0.1, 0.15) is 29.7 Å². The maximum atomic E-state index is 9.73. The first-order valence-corrected chi connectivity index (χ1v) is 7.99. The van der Waals surface area contributed by atoms with Gasteiger partial charge in [-0.1, -0.05) is 13.3 Å². The second kappa shape index (κ2) is 11.2. The second-order valence-electron chi connectivity index (χ2n) is 4.67. The Hall–Kier alpha value is -0.530. The van der Waals surface area contributed by atoms with E-state index in [1.54, 1.807) is 11.3 Å². The van der Waals surface area contributed by atoms with Crippen molar-refractivity contribution >= 4 is 11.3 Å². The van der Waals surface area contributed by atoms with Crippen molar-refractivity contribution in [2.24, 2.45) is 0 Å². The summed E-state index contributed by atoms with van der Waals surface area (Å²) < 4.78 is 10.7. The fourth-order valence-electron chi connectivity index (χ4n) is 1.59. The van der Waals surface area contributed by atoms with E-state index < -0.39 is 6.10 Å². The number of nitrogens with zero attached hydrogens (tertiary/aromatic N) is 1. The van der Waals surface area contributed by atoms with Crippen LogP contribution in [0.25, 0.3) is 0 Å². The molecule has 0 aliphatic heterocycles. The largest absolute Gasteiger partial charge is 0.389 e. The Morgan fingerprint density at radius 1 is 1.35 bits per heavy atom. The lowest BCUT2D eigenvalue weighted by Gasteiger charge is -2.12. The van der Waals surface area contributed by atoms with Crippen LogP contribution in [0, 0.1) is 6.92 Å². The number of hydrogen-bond acceptors (Lipinski definition) is 6. The summed E-state index contributed by atoms with van der Waals surface area (Å²) in [6, 6.07) is 0. The highest BCUT2D eigenvalue weighted by atomic mass is 32.1. The normalized spacial score (nSPS) is 12.8. The van der Waals surface area contributed by atoms with Gasteiger partial charge in [-0.2, -0.15) is 0 Å². The molecule has 1 aromatic heterocycles. The topological polar surface area (TPSA) is 63.6 Å². The molecule has 0 saturated carbocycles. The number of rotatable bonds is 12. The summed E-state index contributed by atoms with van der Waals surface area (Å²) in [5, 5.41) is 14.0. The molecule has 116 valence electrons. The molecule has 0 radical (unpaired) electrons. The fourth-order valence-corrected chi connectivity index (χ4v) is 2.36. The number of aryl methyl sites for hydroxylation is 1. The molecule has 6 heteroatoms. The van der Waals surface area contributed by atoms with Gasteiger partial charge in [0.15, 0.2) is 0 Å². The van der Waals surface area contributed by atoms with Gasteiger partial charge in [0.05, 0.1) is 30.9 Å². The monoisotopic (exact) mass is 302 g/mol. The van der Waals surface area contributed by atoms with Crippen LogP contribution in [0.5, 0.6) is 0 Å². The van der Waals surface area contributed by atoms with E-state index >= 15 is 0 Å². The van der Waals surface area contributed by atoms with Crippen LogP contribution in [0.3, 0.4) is 0 Å². The van der Waals surface area contributed by atoms with Crippen molar-refractivity contribution in [3.8, 4) is 0 Å². The van der Waals surface area contributed by atoms with E-state index in [0.29, 0.717) is 26.4 Å². The Bertz CT molecular complexity index is 347. The summed E-state index contributed by atoms with van der Waals surface area (Å²) in [7, 11) is 0. The van der Waals surface area contributed by atoms with Crippen LogP contribution < -0.4 is 5.32 Å². The van der Waals surface area contributed by atoms with Crippen LogP contribution in [0.15, 0.2) is 6.20 Å². The summed E-state index contributed by atoms with van der Waals surface area (Å²) in [6.07, 6.45) is 3.61. The molecule has 0 aliphatic rings. The Morgan fingerprint density at radius 3 is 2.85 bits per heavy atom. The molecular weight excluding hydrogens is 276 g/mol. The zero-order valence-electron chi connectivity index (χ0n) is 12.4. The number of hydrogen-bond donors (Lipinski definition) is 2. The van der Waals surface area contributed by atoms with Crippen LogP contribution in [0.2, 0.25) is 0 Å². The van der Waals surface area contributed by atoms with E-state index in [2.05, 4.69) is 17.2 Å². The molecule has 1 aromatic rings. The lowest BCUT2D eigenvalue weighted by atomic mass is 10.3. The van der Waals surface area contributed by atoms with Crippen LogP contribution in [0.4, 0.5) is 0 Å². The molecule has 0 spiro atoms. The maximum absolute atomic E-state index is 9.73. The number of aliphatic hydroxyl groups excluding tert-OH is 1. The fraction of sp³-hybridized carbons (Fsp3) is 0.786. The summed E-state index contributed by atoms with van der Waals surface area (Å²) in [4.78, 5) is 5.36. The third-order valence-electron chi connectivity index (χ3n) is 2.67. The molecule has 2 N–H and O–H groups in total. The standard InChI is InChI=1S/C14H26N2O3S/c1-3-4-5-18-6-7-19-11-13(17)8-15-9-14-10-16-12(2)20-14/h10,13,15,17H,3-9,11H2,1-2H3.